The van der Waals surface area contributed by atoms with Crippen molar-refractivity contribution >= 4 is 39.5 Å². The molecule has 7 nitrogen and oxygen atoms in total. The lowest BCUT2D eigenvalue weighted by molar-refractivity contribution is 0.0473. The van der Waals surface area contributed by atoms with E-state index in [9.17, 15) is 19.2 Å². The maximum Gasteiger partial charge on any atom is 0.338 e. The number of hydrogen-bond acceptors (Lipinski definition) is 6. The molecule has 0 saturated heterocycles. The number of amides is 2. The fourth-order valence-corrected chi connectivity index (χ4v) is 4.37. The average molecular weight is 469 g/mol. The molecular formula is C28H23NO6. The number of hydrogen-bond donors (Lipinski definition) is 0. The van der Waals surface area contributed by atoms with Gasteiger partial charge in [0.1, 0.15) is 12.2 Å². The molecule has 176 valence electrons. The minimum atomic E-state index is -0.657. The molecule has 5 rings (SSSR count). The summed E-state index contributed by atoms with van der Waals surface area (Å²) < 4.78 is 10.9. The van der Waals surface area contributed by atoms with Gasteiger partial charge in [0.05, 0.1) is 16.7 Å². The van der Waals surface area contributed by atoms with Crippen LogP contribution in [0.3, 0.4) is 0 Å². The first kappa shape index (κ1) is 22.5. The van der Waals surface area contributed by atoms with Crippen LogP contribution in [-0.4, -0.2) is 29.2 Å². The second-order valence-corrected chi connectivity index (χ2v) is 9.03. The van der Waals surface area contributed by atoms with Gasteiger partial charge in [-0.15, -0.1) is 0 Å². The van der Waals surface area contributed by atoms with E-state index in [1.807, 2.05) is 44.2 Å². The van der Waals surface area contributed by atoms with Gasteiger partial charge in [0.15, 0.2) is 0 Å². The fraction of sp³-hybridized carbons (Fsp3) is 0.214. The van der Waals surface area contributed by atoms with Crippen molar-refractivity contribution in [3.8, 4) is 0 Å². The molecule has 0 N–H and O–H groups in total. The summed E-state index contributed by atoms with van der Waals surface area (Å²) in [6.07, 6.45) is 0.702. The number of nitrogens with zero attached hydrogens (tertiary/aromatic N) is 1. The van der Waals surface area contributed by atoms with Crippen LogP contribution >= 0.6 is 0 Å². The Kier molecular flexibility index (Phi) is 5.68. The molecule has 1 aliphatic rings. The minimum absolute atomic E-state index is 0.153. The smallest absolute Gasteiger partial charge is 0.338 e. The van der Waals surface area contributed by atoms with Crippen LogP contribution in [0, 0.1) is 5.92 Å². The lowest BCUT2D eigenvalue weighted by Gasteiger charge is -2.14. The summed E-state index contributed by atoms with van der Waals surface area (Å²) in [7, 11) is 0. The Hall–Kier alpha value is -4.26. The summed E-state index contributed by atoms with van der Waals surface area (Å²) in [6.45, 7) is 4.23. The second-order valence-electron chi connectivity index (χ2n) is 9.03. The predicted molar refractivity (Wildman–Crippen MR) is 130 cm³/mol. The van der Waals surface area contributed by atoms with E-state index in [-0.39, 0.29) is 29.2 Å². The quantitative estimate of drug-likeness (QED) is 0.172. The molecule has 1 aromatic heterocycles. The number of carbonyl (C=O) groups excluding carboxylic acids is 3. The molecule has 0 bridgehead atoms. The zero-order valence-corrected chi connectivity index (χ0v) is 19.4. The Labute approximate surface area is 200 Å². The van der Waals surface area contributed by atoms with Crippen molar-refractivity contribution in [2.24, 2.45) is 5.92 Å². The van der Waals surface area contributed by atoms with Gasteiger partial charge in [-0.3, -0.25) is 14.5 Å². The van der Waals surface area contributed by atoms with E-state index in [1.165, 1.54) is 29.2 Å². The standard InChI is InChI=1S/C28H23NO6/c1-16(2)11-12-29-26(31)21-9-7-18(13-22(21)27(29)32)28(33)34-15-19-14-24(30)35-23-10-8-17-5-3-4-6-20(17)25(19)23/h3-10,13-14,16H,11-12,15H2,1-2H3. The molecule has 0 saturated carbocycles. The summed E-state index contributed by atoms with van der Waals surface area (Å²) in [5.41, 5.74) is 1.03. The average Bonchev–Trinajstić information content (AvgIpc) is 3.09. The first-order valence-corrected chi connectivity index (χ1v) is 11.5. The Morgan fingerprint density at radius 1 is 0.943 bits per heavy atom. The number of benzene rings is 3. The van der Waals surface area contributed by atoms with Crippen LogP contribution in [-0.2, 0) is 11.3 Å². The number of imide groups is 1. The molecule has 7 heteroatoms. The number of rotatable bonds is 6. The Balaban J connectivity index is 1.41. The highest BCUT2D eigenvalue weighted by atomic mass is 16.5. The first-order valence-electron chi connectivity index (χ1n) is 11.5. The molecule has 3 aromatic carbocycles. The molecular weight excluding hydrogens is 446 g/mol. The maximum absolute atomic E-state index is 12.9. The molecule has 1 aliphatic heterocycles. The first-order chi connectivity index (χ1) is 16.8. The van der Waals surface area contributed by atoms with E-state index in [0.29, 0.717) is 35.4 Å². The van der Waals surface area contributed by atoms with Crippen LogP contribution in [0.1, 0.15) is 56.9 Å². The molecule has 4 aromatic rings. The van der Waals surface area contributed by atoms with E-state index in [4.69, 9.17) is 9.15 Å². The molecule has 0 aliphatic carbocycles. The van der Waals surface area contributed by atoms with E-state index in [2.05, 4.69) is 0 Å². The fourth-order valence-electron chi connectivity index (χ4n) is 4.37. The zero-order valence-electron chi connectivity index (χ0n) is 19.4. The lowest BCUT2D eigenvalue weighted by atomic mass is 10.0. The van der Waals surface area contributed by atoms with Crippen molar-refractivity contribution in [2.75, 3.05) is 6.54 Å². The van der Waals surface area contributed by atoms with Gasteiger partial charge in [-0.1, -0.05) is 44.2 Å². The van der Waals surface area contributed by atoms with E-state index in [1.54, 1.807) is 6.07 Å². The topological polar surface area (TPSA) is 93.9 Å². The summed E-state index contributed by atoms with van der Waals surface area (Å²) in [5, 5.41) is 2.54. The van der Waals surface area contributed by atoms with Crippen LogP contribution in [0.15, 0.2) is 69.9 Å². The van der Waals surface area contributed by atoms with Crippen LogP contribution in [0.4, 0.5) is 0 Å². The van der Waals surface area contributed by atoms with Crippen LogP contribution in [0.5, 0.6) is 0 Å². The van der Waals surface area contributed by atoms with Gasteiger partial charge in [-0.25, -0.2) is 9.59 Å². The Morgan fingerprint density at radius 3 is 2.51 bits per heavy atom. The van der Waals surface area contributed by atoms with Gasteiger partial charge in [0.25, 0.3) is 11.8 Å². The SMILES string of the molecule is CC(C)CCN1C(=O)c2ccc(C(=O)OCc3cc(=O)oc4ccc5ccccc5c34)cc2C1=O. The number of fused-ring (bicyclic) bond motifs is 4. The van der Waals surface area contributed by atoms with Gasteiger partial charge in [0.2, 0.25) is 0 Å². The maximum atomic E-state index is 12.9. The molecule has 0 unspecified atom stereocenters. The third-order valence-electron chi connectivity index (χ3n) is 6.21. The Morgan fingerprint density at radius 2 is 1.71 bits per heavy atom. The summed E-state index contributed by atoms with van der Waals surface area (Å²) in [4.78, 5) is 51.6. The van der Waals surface area contributed by atoms with Gasteiger partial charge in [-0.05, 0) is 47.4 Å². The van der Waals surface area contributed by atoms with Crippen LogP contribution < -0.4 is 5.63 Å². The summed E-state index contributed by atoms with van der Waals surface area (Å²) in [6, 6.07) is 16.9. The third kappa shape index (κ3) is 4.10. The van der Waals surface area contributed by atoms with Gasteiger partial charge in [-0.2, -0.15) is 0 Å². The molecule has 0 radical (unpaired) electrons. The van der Waals surface area contributed by atoms with E-state index < -0.39 is 17.5 Å². The summed E-state index contributed by atoms with van der Waals surface area (Å²) >= 11 is 0. The van der Waals surface area contributed by atoms with Crippen molar-refractivity contribution in [1.82, 2.24) is 4.90 Å². The van der Waals surface area contributed by atoms with E-state index in [0.717, 1.165) is 10.8 Å². The van der Waals surface area contributed by atoms with Crippen molar-refractivity contribution in [2.45, 2.75) is 26.9 Å². The van der Waals surface area contributed by atoms with Crippen molar-refractivity contribution < 1.29 is 23.5 Å². The van der Waals surface area contributed by atoms with Crippen LogP contribution in [0.25, 0.3) is 21.7 Å². The molecule has 0 atom stereocenters. The van der Waals surface area contributed by atoms with Crippen LogP contribution in [0.2, 0.25) is 0 Å². The highest BCUT2D eigenvalue weighted by Gasteiger charge is 2.35. The number of carbonyl (C=O) groups is 3. The number of ether oxygens (including phenoxy) is 1. The zero-order chi connectivity index (χ0) is 24.7. The van der Waals surface area contributed by atoms with Gasteiger partial charge in [0, 0.05) is 23.6 Å². The van der Waals surface area contributed by atoms with Gasteiger partial charge < -0.3 is 9.15 Å². The van der Waals surface area contributed by atoms with Gasteiger partial charge >= 0.3 is 11.6 Å². The molecule has 0 spiro atoms. The molecule has 0 fully saturated rings. The normalized spacial score (nSPS) is 13.2. The van der Waals surface area contributed by atoms with Crippen molar-refractivity contribution in [3.05, 3.63) is 93.3 Å². The lowest BCUT2D eigenvalue weighted by Crippen LogP contribution is -2.31. The minimum Gasteiger partial charge on any atom is -0.457 e. The van der Waals surface area contributed by atoms with E-state index >= 15 is 0 Å². The third-order valence-corrected chi connectivity index (χ3v) is 6.21. The molecule has 2 heterocycles. The number of esters is 1. The summed E-state index contributed by atoms with van der Waals surface area (Å²) in [5.74, 6) is -1.06. The van der Waals surface area contributed by atoms with Crippen molar-refractivity contribution in [3.63, 3.8) is 0 Å². The monoisotopic (exact) mass is 469 g/mol. The highest BCUT2D eigenvalue weighted by Crippen LogP contribution is 2.29. The van der Waals surface area contributed by atoms with Crippen molar-refractivity contribution in [1.29, 1.82) is 0 Å². The second kappa shape index (κ2) is 8.83. The predicted octanol–water partition coefficient (Wildman–Crippen LogP) is 4.95. The largest absolute Gasteiger partial charge is 0.457 e. The molecule has 35 heavy (non-hydrogen) atoms. The molecule has 2 amide bonds. The Bertz CT molecular complexity index is 1570. The highest BCUT2D eigenvalue weighted by molar-refractivity contribution is 6.22.